The van der Waals surface area contributed by atoms with Crippen LogP contribution in [0.5, 0.6) is 5.75 Å². The van der Waals surface area contributed by atoms with E-state index in [1.165, 1.54) is 10.8 Å². The predicted molar refractivity (Wildman–Crippen MR) is 89.0 cm³/mol. The van der Waals surface area contributed by atoms with Crippen LogP contribution in [0.2, 0.25) is 0 Å². The fourth-order valence-corrected chi connectivity index (χ4v) is 2.95. The Morgan fingerprint density at radius 3 is 2.67 bits per heavy atom. The van der Waals surface area contributed by atoms with Gasteiger partial charge in [-0.2, -0.15) is 0 Å². The molecule has 3 rings (SSSR count). The highest BCUT2D eigenvalue weighted by Gasteiger charge is 2.01. The summed E-state index contributed by atoms with van der Waals surface area (Å²) < 4.78 is 5.92. The maximum absolute atomic E-state index is 5.92. The second-order valence-electron chi connectivity index (χ2n) is 4.70. The summed E-state index contributed by atoms with van der Waals surface area (Å²) in [4.78, 5) is 4.30. The molecule has 1 heterocycles. The molecule has 0 aliphatic rings. The molecule has 0 N–H and O–H groups in total. The van der Waals surface area contributed by atoms with Crippen LogP contribution in [0.15, 0.2) is 71.9 Å². The van der Waals surface area contributed by atoms with E-state index >= 15 is 0 Å². The molecule has 2 aromatic carbocycles. The lowest BCUT2D eigenvalue weighted by Crippen LogP contribution is -1.99. The summed E-state index contributed by atoms with van der Waals surface area (Å²) in [6.07, 6.45) is 2.83. The van der Waals surface area contributed by atoms with Gasteiger partial charge in [-0.3, -0.25) is 0 Å². The van der Waals surface area contributed by atoms with Gasteiger partial charge in [0.1, 0.15) is 5.75 Å². The number of thioether (sulfide) groups is 1. The van der Waals surface area contributed by atoms with Crippen LogP contribution < -0.4 is 4.74 Å². The molecule has 2 nitrogen and oxygen atoms in total. The lowest BCUT2D eigenvalue weighted by Gasteiger charge is -2.09. The van der Waals surface area contributed by atoms with E-state index in [1.807, 2.05) is 42.6 Å². The summed E-state index contributed by atoms with van der Waals surface area (Å²) >= 11 is 1.77. The molecule has 0 saturated carbocycles. The van der Waals surface area contributed by atoms with E-state index < -0.39 is 0 Å². The number of rotatable bonds is 6. The van der Waals surface area contributed by atoms with Gasteiger partial charge in [-0.15, -0.1) is 11.8 Å². The zero-order valence-electron chi connectivity index (χ0n) is 11.7. The van der Waals surface area contributed by atoms with E-state index in [0.717, 1.165) is 29.6 Å². The average molecular weight is 295 g/mol. The molecule has 3 aromatic rings. The van der Waals surface area contributed by atoms with Gasteiger partial charge in [0.2, 0.25) is 0 Å². The molecule has 21 heavy (non-hydrogen) atoms. The van der Waals surface area contributed by atoms with Gasteiger partial charge in [0.05, 0.1) is 11.6 Å². The summed E-state index contributed by atoms with van der Waals surface area (Å²) in [6.45, 7) is 0.730. The van der Waals surface area contributed by atoms with Crippen LogP contribution in [0.4, 0.5) is 0 Å². The van der Waals surface area contributed by atoms with E-state index in [2.05, 4.69) is 29.2 Å². The molecule has 1 aromatic heterocycles. The summed E-state index contributed by atoms with van der Waals surface area (Å²) in [5, 5.41) is 3.47. The van der Waals surface area contributed by atoms with Gasteiger partial charge in [0.25, 0.3) is 0 Å². The number of benzene rings is 2. The standard InChI is InChI=1S/C18H17NOS/c1-2-9-16-15(7-1)8-5-10-17(16)20-13-6-14-21-18-11-3-4-12-19-18/h1-5,7-12H,6,13-14H2. The smallest absolute Gasteiger partial charge is 0.127 e. The number of hydrogen-bond donors (Lipinski definition) is 0. The Kier molecular flexibility index (Phi) is 4.74. The third-order valence-corrected chi connectivity index (χ3v) is 4.21. The van der Waals surface area contributed by atoms with Crippen LogP contribution >= 0.6 is 11.8 Å². The third kappa shape index (κ3) is 3.76. The van der Waals surface area contributed by atoms with Gasteiger partial charge in [0, 0.05) is 17.3 Å². The highest BCUT2D eigenvalue weighted by atomic mass is 32.2. The van der Waals surface area contributed by atoms with E-state index in [1.54, 1.807) is 11.8 Å². The Morgan fingerprint density at radius 2 is 1.76 bits per heavy atom. The minimum Gasteiger partial charge on any atom is -0.493 e. The number of fused-ring (bicyclic) bond motifs is 1. The number of nitrogens with zero attached hydrogens (tertiary/aromatic N) is 1. The maximum atomic E-state index is 5.92. The molecule has 106 valence electrons. The first-order chi connectivity index (χ1) is 10.4. The van der Waals surface area contributed by atoms with Crippen molar-refractivity contribution in [2.45, 2.75) is 11.4 Å². The molecule has 0 atom stereocenters. The van der Waals surface area contributed by atoms with Gasteiger partial charge in [0.15, 0.2) is 0 Å². The second kappa shape index (κ2) is 7.14. The van der Waals surface area contributed by atoms with E-state index in [9.17, 15) is 0 Å². The van der Waals surface area contributed by atoms with Crippen LogP contribution in [0.3, 0.4) is 0 Å². The summed E-state index contributed by atoms with van der Waals surface area (Å²) in [5.41, 5.74) is 0. The average Bonchev–Trinajstić information content (AvgIpc) is 2.56. The molecule has 0 aliphatic heterocycles. The molecular formula is C18H17NOS. The summed E-state index contributed by atoms with van der Waals surface area (Å²) in [6, 6.07) is 20.5. The molecule has 0 radical (unpaired) electrons. The fourth-order valence-electron chi connectivity index (χ4n) is 2.17. The van der Waals surface area contributed by atoms with Crippen molar-refractivity contribution in [1.82, 2.24) is 4.98 Å². The first kappa shape index (κ1) is 14.0. The van der Waals surface area contributed by atoms with Crippen molar-refractivity contribution in [3.63, 3.8) is 0 Å². The highest BCUT2D eigenvalue weighted by molar-refractivity contribution is 7.99. The van der Waals surface area contributed by atoms with Crippen molar-refractivity contribution in [2.75, 3.05) is 12.4 Å². The van der Waals surface area contributed by atoms with Gasteiger partial charge in [-0.1, -0.05) is 42.5 Å². The minimum absolute atomic E-state index is 0.730. The molecule has 0 aliphatic carbocycles. The van der Waals surface area contributed by atoms with E-state index in [4.69, 9.17) is 4.74 Å². The Morgan fingerprint density at radius 1 is 0.905 bits per heavy atom. The van der Waals surface area contributed by atoms with Crippen molar-refractivity contribution < 1.29 is 4.74 Å². The molecular weight excluding hydrogens is 278 g/mol. The fraction of sp³-hybridized carbons (Fsp3) is 0.167. The minimum atomic E-state index is 0.730. The Hall–Kier alpha value is -2.00. The molecule has 0 spiro atoms. The monoisotopic (exact) mass is 295 g/mol. The molecule has 0 amide bonds. The van der Waals surface area contributed by atoms with Gasteiger partial charge in [-0.25, -0.2) is 4.98 Å². The van der Waals surface area contributed by atoms with Crippen molar-refractivity contribution in [3.05, 3.63) is 66.9 Å². The van der Waals surface area contributed by atoms with Gasteiger partial charge >= 0.3 is 0 Å². The first-order valence-electron chi connectivity index (χ1n) is 7.08. The quantitative estimate of drug-likeness (QED) is 0.482. The number of hydrogen-bond acceptors (Lipinski definition) is 3. The van der Waals surface area contributed by atoms with E-state index in [-0.39, 0.29) is 0 Å². The Labute approximate surface area is 129 Å². The van der Waals surface area contributed by atoms with Crippen LogP contribution in [0.25, 0.3) is 10.8 Å². The van der Waals surface area contributed by atoms with Crippen molar-refractivity contribution in [1.29, 1.82) is 0 Å². The SMILES string of the molecule is c1ccc(SCCCOc2cccc3ccccc23)nc1. The molecule has 0 saturated heterocycles. The largest absolute Gasteiger partial charge is 0.493 e. The molecule has 0 bridgehead atoms. The van der Waals surface area contributed by atoms with Crippen molar-refractivity contribution in [3.8, 4) is 5.75 Å². The normalized spacial score (nSPS) is 10.7. The zero-order chi connectivity index (χ0) is 14.3. The van der Waals surface area contributed by atoms with E-state index in [0.29, 0.717) is 0 Å². The highest BCUT2D eigenvalue weighted by Crippen LogP contribution is 2.25. The van der Waals surface area contributed by atoms with Gasteiger partial charge < -0.3 is 4.74 Å². The maximum Gasteiger partial charge on any atom is 0.127 e. The number of ether oxygens (including phenoxy) is 1. The third-order valence-electron chi connectivity index (χ3n) is 3.18. The van der Waals surface area contributed by atoms with Gasteiger partial charge in [-0.05, 0) is 30.0 Å². The second-order valence-corrected chi connectivity index (χ2v) is 5.81. The summed E-state index contributed by atoms with van der Waals surface area (Å²) in [7, 11) is 0. The van der Waals surface area contributed by atoms with Crippen molar-refractivity contribution >= 4 is 22.5 Å². The lowest BCUT2D eigenvalue weighted by molar-refractivity contribution is 0.322. The Balaban J connectivity index is 1.51. The topological polar surface area (TPSA) is 22.1 Å². The molecule has 0 unspecified atom stereocenters. The Bertz CT molecular complexity index is 694. The molecule has 0 fully saturated rings. The number of aromatic nitrogens is 1. The first-order valence-corrected chi connectivity index (χ1v) is 8.06. The zero-order valence-corrected chi connectivity index (χ0v) is 12.6. The predicted octanol–water partition coefficient (Wildman–Crippen LogP) is 4.80. The lowest BCUT2D eigenvalue weighted by atomic mass is 10.1. The van der Waals surface area contributed by atoms with Crippen molar-refractivity contribution in [2.24, 2.45) is 0 Å². The van der Waals surface area contributed by atoms with Crippen LogP contribution in [-0.4, -0.2) is 17.3 Å². The molecule has 3 heteroatoms. The summed E-state index contributed by atoms with van der Waals surface area (Å²) in [5.74, 6) is 1.98. The van der Waals surface area contributed by atoms with Crippen LogP contribution in [-0.2, 0) is 0 Å². The van der Waals surface area contributed by atoms with Crippen LogP contribution in [0.1, 0.15) is 6.42 Å². The van der Waals surface area contributed by atoms with Crippen LogP contribution in [0, 0.1) is 0 Å². The number of pyridine rings is 1.